The van der Waals surface area contributed by atoms with Crippen LogP contribution in [0.25, 0.3) is 22.3 Å². The van der Waals surface area contributed by atoms with Crippen molar-refractivity contribution in [3.63, 3.8) is 0 Å². The number of hydrogen-bond acceptors (Lipinski definition) is 5. The van der Waals surface area contributed by atoms with Gasteiger partial charge in [-0.25, -0.2) is 9.67 Å². The van der Waals surface area contributed by atoms with Crippen LogP contribution in [0.4, 0.5) is 5.13 Å². The van der Waals surface area contributed by atoms with E-state index in [4.69, 9.17) is 0 Å². The number of fused-ring (bicyclic) bond motifs is 1. The van der Waals surface area contributed by atoms with Crippen molar-refractivity contribution in [2.45, 2.75) is 6.54 Å². The molecule has 0 spiro atoms. The lowest BCUT2D eigenvalue weighted by Crippen LogP contribution is -2.34. The summed E-state index contributed by atoms with van der Waals surface area (Å²) in [7, 11) is 0. The summed E-state index contributed by atoms with van der Waals surface area (Å²) >= 11 is 1.44. The number of anilines is 1. The fraction of sp³-hybridized carbons (Fsp3) is 0.100. The molecule has 27 heavy (non-hydrogen) atoms. The van der Waals surface area contributed by atoms with E-state index in [9.17, 15) is 4.79 Å². The smallest absolute Gasteiger partial charge is 0.250 e. The Morgan fingerprint density at radius 2 is 1.93 bits per heavy atom. The Morgan fingerprint density at radius 1 is 1.15 bits per heavy atom. The molecule has 2 heterocycles. The van der Waals surface area contributed by atoms with Crippen molar-refractivity contribution in [3.8, 4) is 11.3 Å². The second-order valence-electron chi connectivity index (χ2n) is 5.91. The molecule has 0 aliphatic rings. The number of rotatable bonds is 6. The van der Waals surface area contributed by atoms with Gasteiger partial charge in [-0.2, -0.15) is 0 Å². The lowest BCUT2D eigenvalue weighted by Gasteiger charge is -2.18. The number of aromatic nitrogens is 4. The highest BCUT2D eigenvalue weighted by molar-refractivity contribution is 7.14. The summed E-state index contributed by atoms with van der Waals surface area (Å²) in [6.45, 7) is 4.24. The van der Waals surface area contributed by atoms with Gasteiger partial charge in [0.1, 0.15) is 12.1 Å². The van der Waals surface area contributed by atoms with Gasteiger partial charge in [-0.05, 0) is 12.1 Å². The molecule has 4 aromatic rings. The van der Waals surface area contributed by atoms with Gasteiger partial charge in [-0.1, -0.05) is 53.8 Å². The van der Waals surface area contributed by atoms with Gasteiger partial charge in [0.25, 0.3) is 5.91 Å². The van der Waals surface area contributed by atoms with E-state index in [-0.39, 0.29) is 12.5 Å². The molecule has 4 rings (SSSR count). The third-order valence-electron chi connectivity index (χ3n) is 4.11. The zero-order valence-electron chi connectivity index (χ0n) is 14.5. The predicted octanol–water partition coefficient (Wildman–Crippen LogP) is 3.77. The molecule has 0 bridgehead atoms. The number of benzene rings is 2. The number of amides is 1. The molecule has 2 aromatic heterocycles. The lowest BCUT2D eigenvalue weighted by atomic mass is 10.2. The van der Waals surface area contributed by atoms with E-state index in [1.165, 1.54) is 11.3 Å². The van der Waals surface area contributed by atoms with Crippen molar-refractivity contribution in [1.82, 2.24) is 20.0 Å². The zero-order chi connectivity index (χ0) is 18.6. The summed E-state index contributed by atoms with van der Waals surface area (Å²) in [6.07, 6.45) is 1.70. The van der Waals surface area contributed by atoms with Crippen LogP contribution in [0.1, 0.15) is 0 Å². The lowest BCUT2D eigenvalue weighted by molar-refractivity contribution is -0.119. The molecule has 0 aliphatic heterocycles. The Bertz CT molecular complexity index is 1090. The third kappa shape index (κ3) is 3.50. The van der Waals surface area contributed by atoms with Crippen LogP contribution in [0.3, 0.4) is 0 Å². The van der Waals surface area contributed by atoms with Crippen LogP contribution in [0.2, 0.25) is 0 Å². The van der Waals surface area contributed by atoms with Gasteiger partial charge in [0.15, 0.2) is 5.13 Å². The molecule has 0 unspecified atom stereocenters. The van der Waals surface area contributed by atoms with Crippen molar-refractivity contribution in [2.75, 3.05) is 11.4 Å². The summed E-state index contributed by atoms with van der Waals surface area (Å²) in [5.74, 6) is -0.112. The quantitative estimate of drug-likeness (QED) is 0.481. The van der Waals surface area contributed by atoms with E-state index < -0.39 is 0 Å². The first-order valence-electron chi connectivity index (χ1n) is 8.46. The molecule has 1 amide bonds. The van der Waals surface area contributed by atoms with E-state index in [0.717, 1.165) is 22.3 Å². The molecule has 0 N–H and O–H groups in total. The summed E-state index contributed by atoms with van der Waals surface area (Å²) < 4.78 is 1.61. The van der Waals surface area contributed by atoms with E-state index in [2.05, 4.69) is 21.9 Å². The molecular weight excluding hydrogens is 358 g/mol. The second kappa shape index (κ2) is 7.51. The van der Waals surface area contributed by atoms with Gasteiger partial charge in [0.05, 0.1) is 11.2 Å². The summed E-state index contributed by atoms with van der Waals surface area (Å²) in [4.78, 5) is 19.2. The molecule has 0 saturated heterocycles. The second-order valence-corrected chi connectivity index (χ2v) is 6.75. The maximum absolute atomic E-state index is 12.9. The highest BCUT2D eigenvalue weighted by Gasteiger charge is 2.20. The van der Waals surface area contributed by atoms with Gasteiger partial charge >= 0.3 is 0 Å². The van der Waals surface area contributed by atoms with Crippen molar-refractivity contribution in [1.29, 1.82) is 0 Å². The third-order valence-corrected chi connectivity index (χ3v) is 4.97. The molecule has 6 nitrogen and oxygen atoms in total. The Labute approximate surface area is 160 Å². The topological polar surface area (TPSA) is 63.9 Å². The molecule has 0 aliphatic carbocycles. The molecule has 0 saturated carbocycles. The summed E-state index contributed by atoms with van der Waals surface area (Å²) in [6, 6.07) is 17.5. The van der Waals surface area contributed by atoms with Crippen LogP contribution in [0, 0.1) is 0 Å². The van der Waals surface area contributed by atoms with Crippen LogP contribution in [0.15, 0.2) is 72.6 Å². The minimum absolute atomic E-state index is 0.0919. The number of para-hydroxylation sites is 1. The van der Waals surface area contributed by atoms with Crippen LogP contribution in [-0.4, -0.2) is 32.4 Å². The molecular formula is C20H17N5OS. The molecule has 134 valence electrons. The predicted molar refractivity (Wildman–Crippen MR) is 108 cm³/mol. The molecule has 0 fully saturated rings. The van der Waals surface area contributed by atoms with Crippen molar-refractivity contribution in [3.05, 3.63) is 72.6 Å². The molecule has 7 heteroatoms. The fourth-order valence-corrected chi connectivity index (χ4v) is 3.65. The monoisotopic (exact) mass is 375 g/mol. The Morgan fingerprint density at radius 3 is 2.74 bits per heavy atom. The Kier molecular flexibility index (Phi) is 4.76. The number of carbonyl (C=O) groups excluding carboxylic acids is 1. The van der Waals surface area contributed by atoms with Gasteiger partial charge < -0.3 is 0 Å². The summed E-state index contributed by atoms with van der Waals surface area (Å²) in [5.41, 5.74) is 3.46. The first kappa shape index (κ1) is 17.1. The number of nitrogens with zero attached hydrogens (tertiary/aromatic N) is 5. The van der Waals surface area contributed by atoms with Crippen molar-refractivity contribution in [2.24, 2.45) is 0 Å². The SMILES string of the molecule is C=CCN(C(=O)Cn1nnc2ccccc21)c1nc(-c2ccccc2)cs1. The normalized spacial score (nSPS) is 10.8. The highest BCUT2D eigenvalue weighted by atomic mass is 32.1. The van der Waals surface area contributed by atoms with E-state index in [0.29, 0.717) is 11.7 Å². The van der Waals surface area contributed by atoms with E-state index in [1.54, 1.807) is 15.7 Å². The fourth-order valence-electron chi connectivity index (χ4n) is 2.79. The van der Waals surface area contributed by atoms with Gasteiger partial charge in [-0.3, -0.25) is 9.69 Å². The molecule has 0 atom stereocenters. The van der Waals surface area contributed by atoms with Gasteiger partial charge in [-0.15, -0.1) is 23.0 Å². The van der Waals surface area contributed by atoms with E-state index >= 15 is 0 Å². The first-order valence-corrected chi connectivity index (χ1v) is 9.34. The number of thiazole rings is 1. The van der Waals surface area contributed by atoms with Gasteiger partial charge in [0.2, 0.25) is 0 Å². The molecule has 2 aromatic carbocycles. The van der Waals surface area contributed by atoms with E-state index in [1.807, 2.05) is 60.0 Å². The van der Waals surface area contributed by atoms with Crippen molar-refractivity contribution < 1.29 is 4.79 Å². The highest BCUT2D eigenvalue weighted by Crippen LogP contribution is 2.27. The number of hydrogen-bond donors (Lipinski definition) is 0. The van der Waals surface area contributed by atoms with Crippen LogP contribution < -0.4 is 4.90 Å². The average Bonchev–Trinajstić information content (AvgIpc) is 3.35. The standard InChI is InChI=1S/C20H17N5OS/c1-2-12-24(20-21-17(14-27-20)15-8-4-3-5-9-15)19(26)13-25-18-11-7-6-10-16(18)22-23-25/h2-11,14H,1,12-13H2. The minimum atomic E-state index is -0.112. The maximum Gasteiger partial charge on any atom is 0.250 e. The average molecular weight is 375 g/mol. The molecule has 0 radical (unpaired) electrons. The summed E-state index contributed by atoms with van der Waals surface area (Å²) in [5, 5.41) is 10.8. The van der Waals surface area contributed by atoms with Crippen LogP contribution in [-0.2, 0) is 11.3 Å². The van der Waals surface area contributed by atoms with Crippen LogP contribution in [0.5, 0.6) is 0 Å². The van der Waals surface area contributed by atoms with Crippen molar-refractivity contribution >= 4 is 33.4 Å². The van der Waals surface area contributed by atoms with Crippen LogP contribution >= 0.6 is 11.3 Å². The maximum atomic E-state index is 12.9. The Balaban J connectivity index is 1.60. The first-order chi connectivity index (χ1) is 13.3. The number of carbonyl (C=O) groups is 1. The minimum Gasteiger partial charge on any atom is -0.283 e. The Hall–Kier alpha value is -3.32. The van der Waals surface area contributed by atoms with Gasteiger partial charge in [0, 0.05) is 17.5 Å². The zero-order valence-corrected chi connectivity index (χ0v) is 15.3. The largest absolute Gasteiger partial charge is 0.283 e.